The predicted molar refractivity (Wildman–Crippen MR) is 94.2 cm³/mol. The summed E-state index contributed by atoms with van der Waals surface area (Å²) >= 11 is 0. The molecule has 6 nitrogen and oxygen atoms in total. The minimum atomic E-state index is -4.42. The maximum atomic E-state index is 13.4. The number of amides is 2. The molecule has 0 aromatic heterocycles. The maximum absolute atomic E-state index is 13.4. The van der Waals surface area contributed by atoms with Crippen LogP contribution in [-0.2, 0) is 9.59 Å². The van der Waals surface area contributed by atoms with Crippen LogP contribution in [0.4, 0.5) is 13.2 Å². The third kappa shape index (κ3) is 5.99. The largest absolute Gasteiger partial charge is 0.405 e. The number of piperazine rings is 1. The number of nitrogens with one attached hydrogen (secondary N) is 3. The lowest BCUT2D eigenvalue weighted by Crippen LogP contribution is -2.62. The maximum Gasteiger partial charge on any atom is 0.405 e. The van der Waals surface area contributed by atoms with Crippen LogP contribution >= 0.6 is 12.4 Å². The number of hydrogen-bond acceptors (Lipinski definition) is 4. The van der Waals surface area contributed by atoms with Gasteiger partial charge in [-0.3, -0.25) is 14.5 Å². The molecule has 1 heterocycles. The fourth-order valence-corrected chi connectivity index (χ4v) is 3.71. The van der Waals surface area contributed by atoms with Crippen molar-refractivity contribution in [2.45, 2.75) is 56.8 Å². The average molecular weight is 401 g/mol. The highest BCUT2D eigenvalue weighted by molar-refractivity contribution is 5.91. The van der Waals surface area contributed by atoms with E-state index in [1.807, 2.05) is 0 Å². The van der Waals surface area contributed by atoms with E-state index in [9.17, 15) is 22.8 Å². The normalized spacial score (nSPS) is 22.0. The van der Waals surface area contributed by atoms with Crippen molar-refractivity contribution in [2.75, 3.05) is 32.7 Å². The van der Waals surface area contributed by atoms with Gasteiger partial charge in [-0.05, 0) is 12.8 Å². The zero-order chi connectivity index (χ0) is 18.5. The van der Waals surface area contributed by atoms with Crippen molar-refractivity contribution < 1.29 is 22.8 Å². The first-order chi connectivity index (χ1) is 11.7. The summed E-state index contributed by atoms with van der Waals surface area (Å²) in [5.41, 5.74) is -1.08. The van der Waals surface area contributed by atoms with Gasteiger partial charge in [-0.15, -0.1) is 12.4 Å². The second-order valence-electron chi connectivity index (χ2n) is 6.88. The molecule has 0 spiro atoms. The number of carbonyl (C=O) groups is 2. The first-order valence-corrected chi connectivity index (χ1v) is 8.83. The molecule has 2 aliphatic rings. The molecular weight excluding hydrogens is 373 g/mol. The Morgan fingerprint density at radius 3 is 2.23 bits per heavy atom. The number of hydrogen-bond donors (Lipinski definition) is 3. The zero-order valence-electron chi connectivity index (χ0n) is 15.0. The Hall–Kier alpha value is -1.06. The molecule has 2 fully saturated rings. The summed E-state index contributed by atoms with van der Waals surface area (Å²) < 4.78 is 40.3. The summed E-state index contributed by atoms with van der Waals surface area (Å²) in [6.07, 6.45) is -0.993. The van der Waals surface area contributed by atoms with Crippen molar-refractivity contribution in [3.63, 3.8) is 0 Å². The highest BCUT2D eigenvalue weighted by atomic mass is 35.5. The van der Waals surface area contributed by atoms with Gasteiger partial charge in [-0.25, -0.2) is 0 Å². The van der Waals surface area contributed by atoms with E-state index >= 15 is 0 Å². The molecule has 0 aromatic carbocycles. The van der Waals surface area contributed by atoms with E-state index in [1.165, 1.54) is 11.8 Å². The Labute approximate surface area is 158 Å². The molecule has 1 atom stereocenters. The third-order valence-corrected chi connectivity index (χ3v) is 4.98. The fourth-order valence-electron chi connectivity index (χ4n) is 3.71. The molecule has 1 unspecified atom stereocenters. The zero-order valence-corrected chi connectivity index (χ0v) is 15.8. The lowest BCUT2D eigenvalue weighted by Gasteiger charge is -2.39. The van der Waals surface area contributed by atoms with Crippen LogP contribution in [0.1, 0.15) is 39.0 Å². The SMILES string of the molecule is CC(=O)NC1(C(=O)NCC(N2CCNCC2)C(F)(F)F)CCCCC1.Cl. The molecule has 2 amide bonds. The van der Waals surface area contributed by atoms with E-state index in [1.54, 1.807) is 0 Å². The van der Waals surface area contributed by atoms with Crippen molar-refractivity contribution in [1.82, 2.24) is 20.9 Å². The highest BCUT2D eigenvalue weighted by Gasteiger charge is 2.46. The van der Waals surface area contributed by atoms with E-state index < -0.39 is 30.2 Å². The van der Waals surface area contributed by atoms with Crippen molar-refractivity contribution in [3.05, 3.63) is 0 Å². The summed E-state index contributed by atoms with van der Waals surface area (Å²) in [5, 5.41) is 8.17. The van der Waals surface area contributed by atoms with Gasteiger partial charge in [-0.2, -0.15) is 13.2 Å². The van der Waals surface area contributed by atoms with Crippen molar-refractivity contribution in [1.29, 1.82) is 0 Å². The van der Waals surface area contributed by atoms with Gasteiger partial charge in [0.05, 0.1) is 0 Å². The van der Waals surface area contributed by atoms with Crippen LogP contribution in [0.15, 0.2) is 0 Å². The third-order valence-electron chi connectivity index (χ3n) is 4.98. The Balaban J connectivity index is 0.00000338. The molecule has 2 rings (SSSR count). The number of carbonyl (C=O) groups excluding carboxylic acids is 2. The number of rotatable bonds is 5. The van der Waals surface area contributed by atoms with Crippen LogP contribution in [0.5, 0.6) is 0 Å². The van der Waals surface area contributed by atoms with E-state index in [2.05, 4.69) is 16.0 Å². The lowest BCUT2D eigenvalue weighted by atomic mass is 9.80. The summed E-state index contributed by atoms with van der Waals surface area (Å²) in [6.45, 7) is 2.40. The summed E-state index contributed by atoms with van der Waals surface area (Å²) in [7, 11) is 0. The van der Waals surface area contributed by atoms with Crippen molar-refractivity contribution in [3.8, 4) is 0 Å². The van der Waals surface area contributed by atoms with Crippen LogP contribution in [-0.4, -0.2) is 67.2 Å². The first kappa shape index (κ1) is 23.0. The number of nitrogens with zero attached hydrogens (tertiary/aromatic N) is 1. The van der Waals surface area contributed by atoms with Crippen LogP contribution < -0.4 is 16.0 Å². The second-order valence-corrected chi connectivity index (χ2v) is 6.88. The van der Waals surface area contributed by atoms with Gasteiger partial charge in [-0.1, -0.05) is 19.3 Å². The van der Waals surface area contributed by atoms with Crippen molar-refractivity contribution >= 4 is 24.2 Å². The monoisotopic (exact) mass is 400 g/mol. The highest BCUT2D eigenvalue weighted by Crippen LogP contribution is 2.29. The summed E-state index contributed by atoms with van der Waals surface area (Å²) in [4.78, 5) is 25.5. The van der Waals surface area contributed by atoms with Crippen LogP contribution in [0, 0.1) is 0 Å². The summed E-state index contributed by atoms with van der Waals surface area (Å²) in [5.74, 6) is -0.849. The average Bonchev–Trinajstić information content (AvgIpc) is 2.55. The summed E-state index contributed by atoms with van der Waals surface area (Å²) in [6, 6.07) is -1.71. The first-order valence-electron chi connectivity index (χ1n) is 8.83. The fraction of sp³-hybridized carbons (Fsp3) is 0.875. The van der Waals surface area contributed by atoms with E-state index in [4.69, 9.17) is 0 Å². The molecule has 1 aliphatic carbocycles. The molecule has 0 radical (unpaired) electrons. The Morgan fingerprint density at radius 1 is 1.15 bits per heavy atom. The molecule has 26 heavy (non-hydrogen) atoms. The van der Waals surface area contributed by atoms with Gasteiger partial charge < -0.3 is 16.0 Å². The molecule has 152 valence electrons. The van der Waals surface area contributed by atoms with Crippen LogP contribution in [0.2, 0.25) is 0 Å². The van der Waals surface area contributed by atoms with Gasteiger partial charge in [0.2, 0.25) is 11.8 Å². The lowest BCUT2D eigenvalue weighted by molar-refractivity contribution is -0.184. The molecule has 0 bridgehead atoms. The Kier molecular flexibility index (Phi) is 8.62. The topological polar surface area (TPSA) is 73.5 Å². The van der Waals surface area contributed by atoms with Gasteiger partial charge >= 0.3 is 6.18 Å². The molecule has 0 aromatic rings. The molecule has 1 saturated carbocycles. The van der Waals surface area contributed by atoms with Gasteiger partial charge in [0.1, 0.15) is 11.6 Å². The molecule has 10 heteroatoms. The van der Waals surface area contributed by atoms with E-state index in [0.29, 0.717) is 25.9 Å². The molecule has 3 N–H and O–H groups in total. The van der Waals surface area contributed by atoms with Crippen LogP contribution in [0.25, 0.3) is 0 Å². The Morgan fingerprint density at radius 2 is 1.73 bits per heavy atom. The quantitative estimate of drug-likeness (QED) is 0.648. The smallest absolute Gasteiger partial charge is 0.352 e. The predicted octanol–water partition coefficient (Wildman–Crippen LogP) is 1.20. The van der Waals surface area contributed by atoms with Gasteiger partial charge in [0.15, 0.2) is 0 Å². The van der Waals surface area contributed by atoms with Gasteiger partial charge in [0, 0.05) is 39.6 Å². The minimum absolute atomic E-state index is 0. The molecular formula is C16H28ClF3N4O2. The Bertz CT molecular complexity index is 479. The minimum Gasteiger partial charge on any atom is -0.352 e. The number of alkyl halides is 3. The van der Waals surface area contributed by atoms with Crippen LogP contribution in [0.3, 0.4) is 0 Å². The molecule has 1 aliphatic heterocycles. The van der Waals surface area contributed by atoms with E-state index in [-0.39, 0.29) is 31.4 Å². The van der Waals surface area contributed by atoms with Gasteiger partial charge in [0.25, 0.3) is 0 Å². The standard InChI is InChI=1S/C16H27F3N4O2.ClH/c1-12(24)22-15(5-3-2-4-6-15)14(25)21-11-13(16(17,18)19)23-9-7-20-8-10-23;/h13,20H,2-11H2,1H3,(H,21,25)(H,22,24);1H. The number of halogens is 4. The van der Waals surface area contributed by atoms with Crippen molar-refractivity contribution in [2.24, 2.45) is 0 Å². The van der Waals surface area contributed by atoms with E-state index in [0.717, 1.165) is 19.3 Å². The molecule has 1 saturated heterocycles. The second kappa shape index (κ2) is 9.75.